The number of anilines is 1. The number of rotatable bonds is 3. The van der Waals surface area contributed by atoms with Crippen LogP contribution in [0.4, 0.5) is 27.8 Å². The summed E-state index contributed by atoms with van der Waals surface area (Å²) in [7, 11) is 0. The quantitative estimate of drug-likeness (QED) is 0.207. The third kappa shape index (κ3) is 4.68. The van der Waals surface area contributed by atoms with Crippen molar-refractivity contribution in [2.24, 2.45) is 5.41 Å². The van der Waals surface area contributed by atoms with Crippen LogP contribution in [0.25, 0.3) is 32.2 Å². The van der Waals surface area contributed by atoms with Crippen molar-refractivity contribution in [3.63, 3.8) is 0 Å². The van der Waals surface area contributed by atoms with E-state index in [2.05, 4.69) is 16.5 Å². The minimum Gasteiger partial charge on any atom is -0.352 e. The summed E-state index contributed by atoms with van der Waals surface area (Å²) in [6.45, 7) is 7.76. The van der Waals surface area contributed by atoms with Crippen LogP contribution in [0.15, 0.2) is 39.3 Å². The van der Waals surface area contributed by atoms with Crippen LogP contribution in [0.3, 0.4) is 0 Å². The zero-order chi connectivity index (χ0) is 32.9. The number of alkyl halides is 3. The Morgan fingerprint density at radius 3 is 2.41 bits per heavy atom. The lowest BCUT2D eigenvalue weighted by Crippen LogP contribution is -2.58. The summed E-state index contributed by atoms with van der Waals surface area (Å²) in [5.74, 6) is -2.21. The predicted octanol–water partition coefficient (Wildman–Crippen LogP) is 6.15. The van der Waals surface area contributed by atoms with Crippen LogP contribution in [0.5, 0.6) is 0 Å². The van der Waals surface area contributed by atoms with Crippen LogP contribution < -0.4 is 15.5 Å². The van der Waals surface area contributed by atoms with Gasteiger partial charge in [-0.3, -0.25) is 14.2 Å². The van der Waals surface area contributed by atoms with Gasteiger partial charge in [0.15, 0.2) is 0 Å². The van der Waals surface area contributed by atoms with Crippen molar-refractivity contribution in [1.29, 1.82) is 0 Å². The van der Waals surface area contributed by atoms with Crippen molar-refractivity contribution in [3.8, 4) is 11.1 Å². The molecule has 1 N–H and O–H groups in total. The maximum Gasteiger partial charge on any atom is 0.417 e. The van der Waals surface area contributed by atoms with Crippen molar-refractivity contribution in [3.05, 3.63) is 62.1 Å². The van der Waals surface area contributed by atoms with Gasteiger partial charge in [-0.05, 0) is 44.2 Å². The normalized spacial score (nSPS) is 21.1. The van der Waals surface area contributed by atoms with E-state index in [1.807, 2.05) is 0 Å². The van der Waals surface area contributed by atoms with E-state index < -0.39 is 45.1 Å². The summed E-state index contributed by atoms with van der Waals surface area (Å²) in [6, 6.07) is 0.622. The van der Waals surface area contributed by atoms with Crippen LogP contribution in [0.2, 0.25) is 0 Å². The predicted molar refractivity (Wildman–Crippen MR) is 168 cm³/mol. The Bertz CT molecular complexity index is 2070. The number of nitrogens with one attached hydrogen (secondary N) is 1. The first-order valence-electron chi connectivity index (χ1n) is 14.8. The number of aromatic nitrogens is 3. The molecule has 242 valence electrons. The topological polar surface area (TPSA) is 91.3 Å². The molecule has 4 heterocycles. The van der Waals surface area contributed by atoms with Crippen LogP contribution in [-0.2, 0) is 17.5 Å². The van der Waals surface area contributed by atoms with Gasteiger partial charge in [0, 0.05) is 64.9 Å². The Hall–Kier alpha value is -3.72. The Labute approximate surface area is 266 Å². The van der Waals surface area contributed by atoms with Crippen LogP contribution in [-0.4, -0.2) is 56.3 Å². The monoisotopic (exact) mass is 677 g/mol. The number of aromatic amines is 1. The fourth-order valence-electron chi connectivity index (χ4n) is 7.30. The second-order valence-electron chi connectivity index (χ2n) is 12.5. The number of carbonyl (C=O) groups is 1. The molecule has 1 amide bonds. The second-order valence-corrected chi connectivity index (χ2v) is 14.4. The molecule has 4 aromatic rings. The molecule has 2 atom stereocenters. The Kier molecular flexibility index (Phi) is 7.16. The maximum absolute atomic E-state index is 15.8. The first kappa shape index (κ1) is 30.9. The van der Waals surface area contributed by atoms with E-state index in [-0.39, 0.29) is 74.9 Å². The van der Waals surface area contributed by atoms with Crippen LogP contribution in [0, 0.1) is 17.0 Å². The molecule has 1 spiro atoms. The first-order chi connectivity index (χ1) is 21.7. The zero-order valence-corrected chi connectivity index (χ0v) is 26.4. The average Bonchev–Trinajstić information content (AvgIpc) is 3.24. The molecule has 1 saturated carbocycles. The van der Waals surface area contributed by atoms with Crippen LogP contribution in [0.1, 0.15) is 38.7 Å². The first-order valence-corrected chi connectivity index (χ1v) is 16.6. The van der Waals surface area contributed by atoms with Crippen molar-refractivity contribution < 1.29 is 26.7 Å². The maximum atomic E-state index is 15.8. The van der Waals surface area contributed by atoms with Crippen LogP contribution >= 0.6 is 23.1 Å². The number of nitrogens with zero attached hydrogens (tertiary/aromatic N) is 4. The number of hydrogen-bond acceptors (Lipinski definition) is 7. The van der Waals surface area contributed by atoms with Gasteiger partial charge >= 0.3 is 16.7 Å². The molecule has 2 aromatic heterocycles. The zero-order valence-electron chi connectivity index (χ0n) is 24.8. The summed E-state index contributed by atoms with van der Waals surface area (Å²) < 4.78 is 77.2. The van der Waals surface area contributed by atoms with E-state index in [0.29, 0.717) is 23.2 Å². The average molecular weight is 678 g/mol. The van der Waals surface area contributed by atoms with E-state index in [1.54, 1.807) is 23.6 Å². The lowest BCUT2D eigenvalue weighted by Gasteiger charge is -2.45. The molecule has 3 aliphatic rings. The van der Waals surface area contributed by atoms with Gasteiger partial charge in [-0.25, -0.2) is 13.6 Å². The highest BCUT2D eigenvalue weighted by atomic mass is 32.2. The number of piperazine rings is 1. The van der Waals surface area contributed by atoms with Gasteiger partial charge in [-0.15, -0.1) is 11.8 Å². The molecule has 0 unspecified atom stereocenters. The van der Waals surface area contributed by atoms with Crippen molar-refractivity contribution in [2.75, 3.05) is 23.7 Å². The van der Waals surface area contributed by atoms with Crippen molar-refractivity contribution >= 4 is 55.9 Å². The number of benzene rings is 2. The molecule has 2 aliphatic heterocycles. The third-order valence-electron chi connectivity index (χ3n) is 9.44. The number of halogens is 5. The van der Waals surface area contributed by atoms with E-state index in [9.17, 15) is 18.8 Å². The summed E-state index contributed by atoms with van der Waals surface area (Å²) >= 11 is 1.56. The number of thiazole rings is 1. The van der Waals surface area contributed by atoms with Gasteiger partial charge in [0.05, 0.1) is 21.3 Å². The summed E-state index contributed by atoms with van der Waals surface area (Å²) in [4.78, 5) is 48.1. The molecule has 8 nitrogen and oxygen atoms in total. The standard InChI is InChI=1S/C31H28F5N5O3S2/c1-4-20(42)41-14(2)10-39(11-15(41)3)27-16-8-17(31(34,35)36)21(22-18(32)9-19(33)25-23(22)37-29(44)46-25)26-24(16)40(28(43)38-27)12-30(13-45-26)6-5-7-30/h4,8-9,14-15H,1,5-7,10-13H2,2-3H3,(H,37,44)/t14-,15+. The molecule has 2 fully saturated rings. The van der Waals surface area contributed by atoms with Gasteiger partial charge in [0.1, 0.15) is 17.5 Å². The van der Waals surface area contributed by atoms with Gasteiger partial charge in [-0.2, -0.15) is 18.2 Å². The van der Waals surface area contributed by atoms with Gasteiger partial charge in [-0.1, -0.05) is 24.3 Å². The number of amides is 1. The van der Waals surface area contributed by atoms with Crippen molar-refractivity contribution in [2.45, 2.75) is 62.8 Å². The molecular weight excluding hydrogens is 649 g/mol. The third-order valence-corrected chi connectivity index (χ3v) is 11.8. The number of carbonyl (C=O) groups excluding carboxylic acids is 1. The summed E-state index contributed by atoms with van der Waals surface area (Å²) in [5, 5.41) is 0.0648. The van der Waals surface area contributed by atoms with Crippen molar-refractivity contribution in [1.82, 2.24) is 19.4 Å². The number of thioether (sulfide) groups is 1. The highest BCUT2D eigenvalue weighted by Gasteiger charge is 2.44. The summed E-state index contributed by atoms with van der Waals surface area (Å²) in [5.41, 5.74) is -3.52. The molecule has 46 heavy (non-hydrogen) atoms. The lowest BCUT2D eigenvalue weighted by molar-refractivity contribution is -0.137. The molecule has 0 bridgehead atoms. The molecular formula is C31H28F5N5O3S2. The smallest absolute Gasteiger partial charge is 0.352 e. The minimum absolute atomic E-state index is 0.0229. The number of fused-ring (bicyclic) bond motifs is 1. The largest absolute Gasteiger partial charge is 0.417 e. The fourth-order valence-corrected chi connectivity index (χ4v) is 9.59. The highest BCUT2D eigenvalue weighted by Crippen LogP contribution is 2.55. The van der Waals surface area contributed by atoms with E-state index >= 15 is 17.6 Å². The van der Waals surface area contributed by atoms with E-state index in [4.69, 9.17) is 0 Å². The van der Waals surface area contributed by atoms with E-state index in [0.717, 1.165) is 37.1 Å². The Morgan fingerprint density at radius 2 is 1.80 bits per heavy atom. The lowest BCUT2D eigenvalue weighted by atomic mass is 9.70. The number of H-pyrrole nitrogens is 1. The molecule has 1 aliphatic carbocycles. The second kappa shape index (κ2) is 10.7. The fraction of sp³-hybridized carbons (Fsp3) is 0.419. The molecule has 0 radical (unpaired) electrons. The van der Waals surface area contributed by atoms with E-state index in [1.165, 1.54) is 10.6 Å². The summed E-state index contributed by atoms with van der Waals surface area (Å²) in [6.07, 6.45) is -1.40. The molecule has 2 aromatic carbocycles. The number of hydrogen-bond donors (Lipinski definition) is 1. The molecule has 1 saturated heterocycles. The highest BCUT2D eigenvalue weighted by molar-refractivity contribution is 7.99. The molecule has 15 heteroatoms. The van der Waals surface area contributed by atoms with Gasteiger partial charge in [0.25, 0.3) is 0 Å². The molecule has 7 rings (SSSR count). The minimum atomic E-state index is -5.02. The SMILES string of the molecule is C=CC(=O)N1[C@H](C)CN(c2nc(=O)n3c4c(c(-c5c(F)cc(F)c6sc(=O)[nH]c56)c(C(F)(F)F)cc24)SCC2(CCC2)C3)C[C@@H]1C. The van der Waals surface area contributed by atoms with Gasteiger partial charge < -0.3 is 14.8 Å². The van der Waals surface area contributed by atoms with Gasteiger partial charge in [0.2, 0.25) is 5.91 Å². The Morgan fingerprint density at radius 1 is 1.11 bits per heavy atom. The Balaban J connectivity index is 1.57.